The Bertz CT molecular complexity index is 1090. The first-order chi connectivity index (χ1) is 17.4. The third-order valence-corrected chi connectivity index (χ3v) is 7.12. The predicted octanol–water partition coefficient (Wildman–Crippen LogP) is 4.90. The highest BCUT2D eigenvalue weighted by molar-refractivity contribution is 5.94. The fraction of sp³-hybridized carbons (Fsp3) is 0.483. The van der Waals surface area contributed by atoms with Crippen LogP contribution in [-0.2, 0) is 15.9 Å². The molecule has 1 atom stereocenters. The fourth-order valence-corrected chi connectivity index (χ4v) is 5.27. The van der Waals surface area contributed by atoms with Crippen LogP contribution in [0, 0.1) is 0 Å². The van der Waals surface area contributed by atoms with Crippen molar-refractivity contribution in [3.8, 4) is 0 Å². The quantitative estimate of drug-likeness (QED) is 0.651. The number of urea groups is 1. The molecule has 2 amide bonds. The molecule has 1 saturated heterocycles. The van der Waals surface area contributed by atoms with Crippen molar-refractivity contribution < 1.29 is 14.3 Å². The van der Waals surface area contributed by atoms with Gasteiger partial charge in [0.2, 0.25) is 5.88 Å². The summed E-state index contributed by atoms with van der Waals surface area (Å²) in [5.74, 6) is 1.57. The zero-order valence-electron chi connectivity index (χ0n) is 21.7. The first kappa shape index (κ1) is 24.5. The van der Waals surface area contributed by atoms with Crippen LogP contribution in [0.1, 0.15) is 45.6 Å². The molecule has 7 nitrogen and oxygen atoms in total. The van der Waals surface area contributed by atoms with E-state index in [0.29, 0.717) is 0 Å². The second kappa shape index (κ2) is 10.4. The van der Waals surface area contributed by atoms with Crippen LogP contribution >= 0.6 is 0 Å². The van der Waals surface area contributed by atoms with E-state index in [2.05, 4.69) is 51.5 Å². The van der Waals surface area contributed by atoms with Crippen molar-refractivity contribution in [2.45, 2.75) is 58.0 Å². The number of rotatable bonds is 4. The van der Waals surface area contributed by atoms with Crippen molar-refractivity contribution in [3.63, 3.8) is 0 Å². The Morgan fingerprint density at radius 1 is 1.06 bits per heavy atom. The molecule has 1 fully saturated rings. The summed E-state index contributed by atoms with van der Waals surface area (Å²) in [6.07, 6.45) is 13.8. The van der Waals surface area contributed by atoms with Gasteiger partial charge in [-0.15, -0.1) is 0 Å². The number of ether oxygens (including phenoxy) is 2. The molecule has 1 aromatic rings. The Labute approximate surface area is 214 Å². The lowest BCUT2D eigenvalue weighted by molar-refractivity contribution is 0.0814. The van der Waals surface area contributed by atoms with Gasteiger partial charge in [0.1, 0.15) is 6.26 Å². The van der Waals surface area contributed by atoms with Crippen molar-refractivity contribution in [3.05, 3.63) is 77.8 Å². The second-order valence-electron chi connectivity index (χ2n) is 11.0. The summed E-state index contributed by atoms with van der Waals surface area (Å²) >= 11 is 0. The molecule has 1 aromatic carbocycles. The highest BCUT2D eigenvalue weighted by Crippen LogP contribution is 2.32. The minimum Gasteiger partial charge on any atom is -0.456 e. The van der Waals surface area contributed by atoms with Gasteiger partial charge >= 0.3 is 6.03 Å². The monoisotopic (exact) mass is 490 g/mol. The van der Waals surface area contributed by atoms with Gasteiger partial charge in [0, 0.05) is 44.0 Å². The molecule has 36 heavy (non-hydrogen) atoms. The molecule has 0 saturated carbocycles. The largest absolute Gasteiger partial charge is 0.456 e. The molecule has 1 aliphatic carbocycles. The second-order valence-corrected chi connectivity index (χ2v) is 11.0. The molecule has 7 heteroatoms. The lowest BCUT2D eigenvalue weighted by atomic mass is 9.95. The third kappa shape index (κ3) is 5.62. The number of hydrogen-bond acceptors (Lipinski definition) is 5. The number of nitrogens with one attached hydrogen (secondary N) is 1. The Kier molecular flexibility index (Phi) is 7.10. The van der Waals surface area contributed by atoms with Gasteiger partial charge in [-0.3, -0.25) is 9.80 Å². The standard InChI is InChI=1S/C29H38N4O3/c1-29(2,3)30-28(34)33-24(14-13-22-9-7-8-12-25(22)33)19-31-15-17-32(18-16-31)27-21-35-26(20-36-27)23-10-5-4-6-11-23/h4-5,7-10,12,20-21,24H,6,11,13-19H2,1-3H3,(H,30,34). The molecule has 192 valence electrons. The van der Waals surface area contributed by atoms with Crippen molar-refractivity contribution in [2.75, 3.05) is 37.6 Å². The number of fused-ring (bicyclic) bond motifs is 1. The summed E-state index contributed by atoms with van der Waals surface area (Å²) in [4.78, 5) is 20.1. The van der Waals surface area contributed by atoms with E-state index in [1.807, 2.05) is 31.7 Å². The van der Waals surface area contributed by atoms with Crippen molar-refractivity contribution in [1.82, 2.24) is 15.1 Å². The van der Waals surface area contributed by atoms with E-state index < -0.39 is 0 Å². The SMILES string of the molecule is CC(C)(C)NC(=O)N1c2ccccc2CCC1CN1CCN(C2=COC(C3=CC=CCC3)=CO2)CC1. The van der Waals surface area contributed by atoms with Crippen molar-refractivity contribution >= 4 is 11.7 Å². The van der Waals surface area contributed by atoms with Crippen LogP contribution in [0.3, 0.4) is 0 Å². The van der Waals surface area contributed by atoms with E-state index in [1.54, 1.807) is 12.5 Å². The lowest BCUT2D eigenvalue weighted by Gasteiger charge is -2.43. The molecular formula is C29H38N4O3. The molecule has 0 spiro atoms. The van der Waals surface area contributed by atoms with Crippen molar-refractivity contribution in [1.29, 1.82) is 0 Å². The highest BCUT2D eigenvalue weighted by Gasteiger charge is 2.34. The molecule has 4 aliphatic rings. The van der Waals surface area contributed by atoms with Crippen LogP contribution in [0.2, 0.25) is 0 Å². The number of benzene rings is 1. The molecule has 1 unspecified atom stereocenters. The molecule has 3 heterocycles. The Balaban J connectivity index is 1.19. The van der Waals surface area contributed by atoms with E-state index >= 15 is 0 Å². The molecular weight excluding hydrogens is 452 g/mol. The van der Waals surface area contributed by atoms with Crippen LogP contribution in [0.15, 0.2) is 72.2 Å². The maximum Gasteiger partial charge on any atom is 0.322 e. The van der Waals surface area contributed by atoms with Crippen LogP contribution in [-0.4, -0.2) is 60.1 Å². The zero-order valence-corrected chi connectivity index (χ0v) is 21.7. The highest BCUT2D eigenvalue weighted by atomic mass is 16.6. The molecule has 3 aliphatic heterocycles. The lowest BCUT2D eigenvalue weighted by Crippen LogP contribution is -2.58. The smallest absolute Gasteiger partial charge is 0.322 e. The van der Waals surface area contributed by atoms with Gasteiger partial charge in [0.05, 0.1) is 6.04 Å². The van der Waals surface area contributed by atoms with Gasteiger partial charge in [-0.1, -0.05) is 36.4 Å². The number of carbonyl (C=O) groups is 1. The Morgan fingerprint density at radius 2 is 1.86 bits per heavy atom. The van der Waals surface area contributed by atoms with E-state index in [0.717, 1.165) is 75.7 Å². The van der Waals surface area contributed by atoms with Crippen molar-refractivity contribution in [2.24, 2.45) is 0 Å². The topological polar surface area (TPSA) is 57.3 Å². The summed E-state index contributed by atoms with van der Waals surface area (Å²) in [6, 6.07) is 8.44. The van der Waals surface area contributed by atoms with E-state index in [1.165, 1.54) is 11.1 Å². The van der Waals surface area contributed by atoms with E-state index in [4.69, 9.17) is 9.47 Å². The summed E-state index contributed by atoms with van der Waals surface area (Å²) in [6.45, 7) is 10.5. The van der Waals surface area contributed by atoms with Gasteiger partial charge in [-0.25, -0.2) is 4.79 Å². The number of hydrogen-bond donors (Lipinski definition) is 1. The van der Waals surface area contributed by atoms with Gasteiger partial charge in [0.15, 0.2) is 12.0 Å². The van der Waals surface area contributed by atoms with Gasteiger partial charge in [-0.05, 0) is 63.7 Å². The van der Waals surface area contributed by atoms with Gasteiger partial charge < -0.3 is 19.7 Å². The van der Waals surface area contributed by atoms with E-state index in [-0.39, 0.29) is 17.6 Å². The first-order valence-corrected chi connectivity index (χ1v) is 13.1. The number of carbonyl (C=O) groups excluding carboxylic acids is 1. The summed E-state index contributed by atoms with van der Waals surface area (Å²) in [7, 11) is 0. The molecule has 0 radical (unpaired) electrons. The van der Waals surface area contributed by atoms with Crippen LogP contribution in [0.5, 0.6) is 0 Å². The number of piperazine rings is 1. The normalized spacial score (nSPS) is 22.5. The third-order valence-electron chi connectivity index (χ3n) is 7.12. The van der Waals surface area contributed by atoms with Gasteiger partial charge in [-0.2, -0.15) is 0 Å². The number of nitrogens with zero attached hydrogens (tertiary/aromatic N) is 3. The number of anilines is 1. The predicted molar refractivity (Wildman–Crippen MR) is 142 cm³/mol. The summed E-state index contributed by atoms with van der Waals surface area (Å²) < 4.78 is 11.9. The molecule has 0 aromatic heterocycles. The van der Waals surface area contributed by atoms with Crippen LogP contribution < -0.4 is 10.2 Å². The Hall–Kier alpha value is -3.19. The average Bonchev–Trinajstić information content (AvgIpc) is 2.88. The average molecular weight is 491 g/mol. The van der Waals surface area contributed by atoms with Crippen LogP contribution in [0.25, 0.3) is 0 Å². The van der Waals surface area contributed by atoms with Gasteiger partial charge in [0.25, 0.3) is 0 Å². The number of para-hydroxylation sites is 1. The number of aryl methyl sites for hydroxylation is 1. The summed E-state index contributed by atoms with van der Waals surface area (Å²) in [5, 5.41) is 3.18. The van der Waals surface area contributed by atoms with Crippen LogP contribution in [0.4, 0.5) is 10.5 Å². The number of allylic oxidation sites excluding steroid dienone is 4. The molecule has 5 rings (SSSR count). The van der Waals surface area contributed by atoms with E-state index in [9.17, 15) is 4.79 Å². The zero-order chi connectivity index (χ0) is 25.1. The molecule has 0 bridgehead atoms. The number of amides is 2. The maximum atomic E-state index is 13.4. The summed E-state index contributed by atoms with van der Waals surface area (Å²) in [5.41, 5.74) is 3.18. The first-order valence-electron chi connectivity index (χ1n) is 13.1. The minimum absolute atomic E-state index is 0.0117. The Morgan fingerprint density at radius 3 is 2.56 bits per heavy atom. The molecule has 1 N–H and O–H groups in total. The maximum absolute atomic E-state index is 13.4. The minimum atomic E-state index is -0.284. The fourth-order valence-electron chi connectivity index (χ4n) is 5.27.